The molecule has 1 N–H and O–H groups in total. The predicted octanol–water partition coefficient (Wildman–Crippen LogP) is 4.00. The highest BCUT2D eigenvalue weighted by Gasteiger charge is 2.10. The maximum Gasteiger partial charge on any atom is 0.251 e. The Morgan fingerprint density at radius 3 is 2.55 bits per heavy atom. The summed E-state index contributed by atoms with van der Waals surface area (Å²) in [6.07, 6.45) is 1.72. The lowest BCUT2D eigenvalue weighted by Crippen LogP contribution is -2.26. The van der Waals surface area contributed by atoms with Gasteiger partial charge in [-0.3, -0.25) is 9.36 Å². The molecule has 1 heterocycles. The van der Waals surface area contributed by atoms with E-state index in [-0.39, 0.29) is 11.7 Å². The fraction of sp³-hybridized carbons (Fsp3) is 0.200. The highest BCUT2D eigenvalue weighted by molar-refractivity contribution is 5.97. The number of aromatic nitrogens is 2. The van der Waals surface area contributed by atoms with Crippen LogP contribution >= 0.6 is 0 Å². The second kappa shape index (κ2) is 10.6. The number of ether oxygens (including phenoxy) is 3. The summed E-state index contributed by atoms with van der Waals surface area (Å²) in [6, 6.07) is 18.9. The molecule has 0 bridgehead atoms. The van der Waals surface area contributed by atoms with Crippen LogP contribution in [0.1, 0.15) is 10.4 Å². The number of amides is 1. The highest BCUT2D eigenvalue weighted by Crippen LogP contribution is 2.23. The number of benzene rings is 3. The van der Waals surface area contributed by atoms with Crippen LogP contribution in [-0.4, -0.2) is 48.9 Å². The first kappa shape index (κ1) is 22.3. The van der Waals surface area contributed by atoms with Gasteiger partial charge in [-0.1, -0.05) is 6.07 Å². The number of hydrogen-bond donors (Lipinski definition) is 1. The van der Waals surface area contributed by atoms with E-state index in [2.05, 4.69) is 10.3 Å². The van der Waals surface area contributed by atoms with Crippen molar-refractivity contribution in [3.63, 3.8) is 0 Å². The summed E-state index contributed by atoms with van der Waals surface area (Å²) in [4.78, 5) is 16.7. The summed E-state index contributed by atoms with van der Waals surface area (Å²) >= 11 is 0. The lowest BCUT2D eigenvalue weighted by Gasteiger charge is -2.10. The van der Waals surface area contributed by atoms with Gasteiger partial charge >= 0.3 is 0 Å². The Kier molecular flexibility index (Phi) is 7.16. The Bertz CT molecular complexity index is 1220. The second-order valence-electron chi connectivity index (χ2n) is 7.21. The molecule has 0 fully saturated rings. The summed E-state index contributed by atoms with van der Waals surface area (Å²) in [7, 11) is 1.59. The van der Waals surface area contributed by atoms with Gasteiger partial charge in [0.25, 0.3) is 5.91 Å². The Morgan fingerprint density at radius 2 is 1.76 bits per heavy atom. The number of carbonyl (C=O) groups is 1. The van der Waals surface area contributed by atoms with Crippen molar-refractivity contribution in [2.24, 2.45) is 0 Å². The summed E-state index contributed by atoms with van der Waals surface area (Å²) in [5, 5.41) is 2.81. The highest BCUT2D eigenvalue weighted by atomic mass is 19.1. The average Bonchev–Trinajstić information content (AvgIpc) is 3.27. The first-order chi connectivity index (χ1) is 16.1. The van der Waals surface area contributed by atoms with Gasteiger partial charge in [-0.05, 0) is 54.6 Å². The van der Waals surface area contributed by atoms with Crippen LogP contribution in [0.5, 0.6) is 11.5 Å². The van der Waals surface area contributed by atoms with Crippen molar-refractivity contribution in [3.8, 4) is 17.2 Å². The molecule has 7 nitrogen and oxygen atoms in total. The molecule has 33 heavy (non-hydrogen) atoms. The minimum absolute atomic E-state index is 0.165. The maximum absolute atomic E-state index is 13.0. The zero-order chi connectivity index (χ0) is 23.0. The Labute approximate surface area is 190 Å². The van der Waals surface area contributed by atoms with Gasteiger partial charge in [0.05, 0.1) is 23.3 Å². The van der Waals surface area contributed by atoms with E-state index in [0.29, 0.717) is 48.9 Å². The Balaban J connectivity index is 1.40. The van der Waals surface area contributed by atoms with Crippen LogP contribution in [-0.2, 0) is 4.74 Å². The van der Waals surface area contributed by atoms with E-state index in [1.165, 1.54) is 12.1 Å². The molecular weight excluding hydrogens is 425 g/mol. The molecule has 0 radical (unpaired) electrons. The Hall–Kier alpha value is -3.91. The Morgan fingerprint density at radius 1 is 0.970 bits per heavy atom. The third-order valence-electron chi connectivity index (χ3n) is 4.93. The van der Waals surface area contributed by atoms with Gasteiger partial charge in [-0.15, -0.1) is 0 Å². The van der Waals surface area contributed by atoms with Crippen LogP contribution in [0.2, 0.25) is 0 Å². The lowest BCUT2D eigenvalue weighted by molar-refractivity contribution is 0.0937. The molecule has 170 valence electrons. The van der Waals surface area contributed by atoms with Crippen molar-refractivity contribution >= 4 is 16.9 Å². The number of hydrogen-bond acceptors (Lipinski definition) is 5. The smallest absolute Gasteiger partial charge is 0.251 e. The number of fused-ring (bicyclic) bond motifs is 1. The molecule has 8 heteroatoms. The molecule has 0 aliphatic rings. The molecule has 4 rings (SSSR count). The molecule has 0 aliphatic carbocycles. The van der Waals surface area contributed by atoms with Gasteiger partial charge in [0.1, 0.15) is 36.9 Å². The van der Waals surface area contributed by atoms with Crippen LogP contribution < -0.4 is 14.8 Å². The average molecular weight is 449 g/mol. The third kappa shape index (κ3) is 5.67. The molecular formula is C25H24FN3O4. The monoisotopic (exact) mass is 449 g/mol. The van der Waals surface area contributed by atoms with E-state index in [0.717, 1.165) is 11.2 Å². The number of imidazole rings is 1. The van der Waals surface area contributed by atoms with Crippen molar-refractivity contribution in [3.05, 3.63) is 84.4 Å². The fourth-order valence-electron chi connectivity index (χ4n) is 3.30. The first-order valence-corrected chi connectivity index (χ1v) is 10.5. The van der Waals surface area contributed by atoms with E-state index in [1.54, 1.807) is 37.7 Å². The molecule has 4 aromatic rings. The number of halogens is 1. The zero-order valence-corrected chi connectivity index (χ0v) is 18.2. The van der Waals surface area contributed by atoms with E-state index < -0.39 is 0 Å². The maximum atomic E-state index is 13.0. The minimum Gasteiger partial charge on any atom is -0.490 e. The van der Waals surface area contributed by atoms with E-state index in [1.807, 2.05) is 34.9 Å². The molecule has 1 amide bonds. The largest absolute Gasteiger partial charge is 0.490 e. The molecule has 0 saturated heterocycles. The molecule has 1 aromatic heterocycles. The van der Waals surface area contributed by atoms with Crippen LogP contribution in [0.4, 0.5) is 4.39 Å². The number of methoxy groups -OCH3 is 1. The molecule has 3 aromatic carbocycles. The first-order valence-electron chi connectivity index (χ1n) is 10.5. The van der Waals surface area contributed by atoms with Gasteiger partial charge in [0.2, 0.25) is 0 Å². The van der Waals surface area contributed by atoms with Gasteiger partial charge in [-0.25, -0.2) is 9.37 Å². The van der Waals surface area contributed by atoms with Gasteiger partial charge < -0.3 is 19.5 Å². The van der Waals surface area contributed by atoms with Crippen molar-refractivity contribution < 1.29 is 23.4 Å². The topological polar surface area (TPSA) is 74.6 Å². The van der Waals surface area contributed by atoms with Crippen LogP contribution in [0, 0.1) is 5.82 Å². The molecule has 0 saturated carbocycles. The van der Waals surface area contributed by atoms with Gasteiger partial charge in [0, 0.05) is 25.3 Å². The van der Waals surface area contributed by atoms with Crippen LogP contribution in [0.3, 0.4) is 0 Å². The standard InChI is InChI=1S/C25H24FN3O4/c1-31-12-11-27-25(30)18-5-10-24-23(15-18)28-17-29(24)20-3-2-4-22(16-20)33-14-13-32-21-8-6-19(26)7-9-21/h2-10,15-17H,11-14H2,1H3,(H,27,30). The SMILES string of the molecule is COCCNC(=O)c1ccc2c(c1)ncn2-c1cccc(OCCOc2ccc(F)cc2)c1. The number of nitrogens with zero attached hydrogens (tertiary/aromatic N) is 2. The second-order valence-corrected chi connectivity index (χ2v) is 7.21. The van der Waals surface area contributed by atoms with Crippen molar-refractivity contribution in [2.75, 3.05) is 33.5 Å². The lowest BCUT2D eigenvalue weighted by atomic mass is 10.2. The number of rotatable bonds is 10. The number of nitrogens with one attached hydrogen (secondary N) is 1. The third-order valence-corrected chi connectivity index (χ3v) is 4.93. The van der Waals surface area contributed by atoms with Crippen LogP contribution in [0.15, 0.2) is 73.1 Å². The van der Waals surface area contributed by atoms with E-state index >= 15 is 0 Å². The molecule has 0 atom stereocenters. The minimum atomic E-state index is -0.302. The van der Waals surface area contributed by atoms with Crippen LogP contribution in [0.25, 0.3) is 16.7 Å². The molecule has 0 spiro atoms. The summed E-state index contributed by atoms with van der Waals surface area (Å²) in [5.41, 5.74) is 3.02. The molecule has 0 unspecified atom stereocenters. The normalized spacial score (nSPS) is 10.8. The van der Waals surface area contributed by atoms with Gasteiger partial charge in [-0.2, -0.15) is 0 Å². The quantitative estimate of drug-likeness (QED) is 0.371. The fourth-order valence-corrected chi connectivity index (χ4v) is 3.30. The van der Waals surface area contributed by atoms with E-state index in [4.69, 9.17) is 14.2 Å². The van der Waals surface area contributed by atoms with Crippen molar-refractivity contribution in [1.29, 1.82) is 0 Å². The summed E-state index contributed by atoms with van der Waals surface area (Å²) in [5.74, 6) is 0.808. The van der Waals surface area contributed by atoms with E-state index in [9.17, 15) is 9.18 Å². The van der Waals surface area contributed by atoms with Crippen molar-refractivity contribution in [1.82, 2.24) is 14.9 Å². The van der Waals surface area contributed by atoms with Crippen molar-refractivity contribution in [2.45, 2.75) is 0 Å². The summed E-state index contributed by atoms with van der Waals surface area (Å²) in [6.45, 7) is 1.58. The number of carbonyl (C=O) groups excluding carboxylic acids is 1. The summed E-state index contributed by atoms with van der Waals surface area (Å²) < 4.78 is 31.2. The zero-order valence-electron chi connectivity index (χ0n) is 18.2. The predicted molar refractivity (Wildman–Crippen MR) is 123 cm³/mol. The molecule has 0 aliphatic heterocycles. The van der Waals surface area contributed by atoms with Gasteiger partial charge in [0.15, 0.2) is 0 Å².